The van der Waals surface area contributed by atoms with Crippen LogP contribution in [-0.4, -0.2) is 96.7 Å². The van der Waals surface area contributed by atoms with Crippen LogP contribution >= 0.6 is 0 Å². The number of hydrogen-bond acceptors (Lipinski definition) is 11. The number of aliphatic hydroxyl groups is 4. The van der Waals surface area contributed by atoms with Gasteiger partial charge in [0, 0.05) is 17.1 Å². The summed E-state index contributed by atoms with van der Waals surface area (Å²) in [6, 6.07) is 0. The molecular formula is C24H31NO11. The Kier molecular flexibility index (Phi) is 9.19. The summed E-state index contributed by atoms with van der Waals surface area (Å²) in [5, 5.41) is 51.1. The zero-order chi connectivity index (χ0) is 26.6. The summed E-state index contributed by atoms with van der Waals surface area (Å²) < 4.78 is 21.6. The van der Waals surface area contributed by atoms with Crippen LogP contribution in [0.15, 0.2) is 60.1 Å². The Morgan fingerprint density at radius 3 is 2.58 bits per heavy atom. The number of carboxylic acid groups (broad SMARTS) is 1. The first kappa shape index (κ1) is 27.7. The van der Waals surface area contributed by atoms with Crippen molar-refractivity contribution in [3.8, 4) is 0 Å². The van der Waals surface area contributed by atoms with E-state index >= 15 is 0 Å². The van der Waals surface area contributed by atoms with E-state index in [1.165, 1.54) is 19.3 Å². The van der Waals surface area contributed by atoms with Crippen LogP contribution < -0.4 is 10.0 Å². The second-order valence-corrected chi connectivity index (χ2v) is 8.73. The predicted molar refractivity (Wildman–Crippen MR) is 119 cm³/mol. The topological polar surface area (TPSA) is 179 Å². The molecule has 0 radical (unpaired) electrons. The van der Waals surface area contributed by atoms with Crippen molar-refractivity contribution in [3.63, 3.8) is 0 Å². The highest BCUT2D eigenvalue weighted by molar-refractivity contribution is 5.89. The van der Waals surface area contributed by atoms with E-state index in [0.29, 0.717) is 5.57 Å². The van der Waals surface area contributed by atoms with Crippen molar-refractivity contribution in [3.05, 3.63) is 60.1 Å². The Labute approximate surface area is 207 Å². The van der Waals surface area contributed by atoms with Gasteiger partial charge in [-0.25, -0.2) is 4.79 Å². The summed E-state index contributed by atoms with van der Waals surface area (Å²) in [7, 11) is 3.00. The second kappa shape index (κ2) is 11.9. The third-order valence-electron chi connectivity index (χ3n) is 6.21. The first-order valence-corrected chi connectivity index (χ1v) is 11.3. The number of rotatable bonds is 8. The van der Waals surface area contributed by atoms with Crippen LogP contribution in [0.1, 0.15) is 0 Å². The summed E-state index contributed by atoms with van der Waals surface area (Å²) in [6.45, 7) is 3.42. The number of methoxy groups -OCH3 is 1. The molecule has 1 saturated heterocycles. The first-order valence-electron chi connectivity index (χ1n) is 11.3. The van der Waals surface area contributed by atoms with Crippen LogP contribution in [0.3, 0.4) is 0 Å². The smallest absolute Gasteiger partial charge is 0.337 e. The molecule has 3 rings (SSSR count). The normalized spacial score (nSPS) is 36.8. The van der Waals surface area contributed by atoms with Gasteiger partial charge in [0.2, 0.25) is 6.29 Å². The minimum Gasteiger partial charge on any atom is -0.545 e. The van der Waals surface area contributed by atoms with Gasteiger partial charge in [0.25, 0.3) is 0 Å². The molecule has 5 N–H and O–H groups in total. The monoisotopic (exact) mass is 509 g/mol. The quantitative estimate of drug-likeness (QED) is 0.160. The van der Waals surface area contributed by atoms with Crippen LogP contribution in [0, 0.1) is 11.8 Å². The fraction of sp³-hybridized carbons (Fsp3) is 0.500. The van der Waals surface area contributed by atoms with Crippen molar-refractivity contribution in [2.45, 2.75) is 37.0 Å². The van der Waals surface area contributed by atoms with Crippen LogP contribution in [0.4, 0.5) is 0 Å². The SMILES string of the molecule is C=CC1C(OC2OC(CO)C(O)C(O)C2O)OC=C(C(=O)OC)C1C=CC1=C[NH+](C)CC(C(=O)[O-])=C1. The maximum Gasteiger partial charge on any atom is 0.337 e. The molecule has 12 nitrogen and oxygen atoms in total. The van der Waals surface area contributed by atoms with Gasteiger partial charge in [-0.15, -0.1) is 6.58 Å². The summed E-state index contributed by atoms with van der Waals surface area (Å²) in [5.74, 6) is -3.38. The van der Waals surface area contributed by atoms with E-state index in [2.05, 4.69) is 6.58 Å². The highest BCUT2D eigenvalue weighted by atomic mass is 16.8. The number of hydrogen-bond donors (Lipinski definition) is 5. The van der Waals surface area contributed by atoms with Gasteiger partial charge in [-0.05, 0) is 6.08 Å². The van der Waals surface area contributed by atoms with Crippen molar-refractivity contribution in [2.24, 2.45) is 11.8 Å². The molecule has 3 aliphatic rings. The third-order valence-corrected chi connectivity index (χ3v) is 6.21. The van der Waals surface area contributed by atoms with Crippen molar-refractivity contribution in [1.82, 2.24) is 0 Å². The molecule has 1 fully saturated rings. The van der Waals surface area contributed by atoms with Crippen LogP contribution in [0.2, 0.25) is 0 Å². The molecule has 0 aliphatic carbocycles. The first-order chi connectivity index (χ1) is 17.1. The van der Waals surface area contributed by atoms with Crippen molar-refractivity contribution in [1.29, 1.82) is 0 Å². The lowest BCUT2D eigenvalue weighted by atomic mass is 9.83. The molecule has 0 spiro atoms. The van der Waals surface area contributed by atoms with Gasteiger partial charge in [-0.1, -0.05) is 18.2 Å². The van der Waals surface area contributed by atoms with Gasteiger partial charge in [-0.3, -0.25) is 0 Å². The molecule has 198 valence electrons. The molecule has 0 aromatic heterocycles. The molecule has 0 aromatic rings. The van der Waals surface area contributed by atoms with E-state index < -0.39 is 67.4 Å². The van der Waals surface area contributed by atoms with Crippen molar-refractivity contribution in [2.75, 3.05) is 27.3 Å². The number of ether oxygens (including phenoxy) is 4. The summed E-state index contributed by atoms with van der Waals surface area (Å²) >= 11 is 0. The summed E-state index contributed by atoms with van der Waals surface area (Å²) in [6.07, 6.45) is 0.498. The van der Waals surface area contributed by atoms with E-state index in [-0.39, 0.29) is 17.7 Å². The minimum absolute atomic E-state index is 0.120. The van der Waals surface area contributed by atoms with Gasteiger partial charge in [0.1, 0.15) is 37.2 Å². The average Bonchev–Trinajstić information content (AvgIpc) is 2.86. The maximum absolute atomic E-state index is 12.4. The Bertz CT molecular complexity index is 969. The zero-order valence-electron chi connectivity index (χ0n) is 19.9. The Balaban J connectivity index is 1.88. The second-order valence-electron chi connectivity index (χ2n) is 8.73. The van der Waals surface area contributed by atoms with Crippen LogP contribution in [-0.2, 0) is 28.5 Å². The number of esters is 1. The molecule has 0 saturated carbocycles. The van der Waals surface area contributed by atoms with E-state index in [9.17, 15) is 35.1 Å². The zero-order valence-corrected chi connectivity index (χ0v) is 19.9. The number of allylic oxidation sites excluding steroid dienone is 4. The standard InChI is InChI=1S/C24H31NO11/c1-4-14-15(6-5-12-7-13(21(30)31)9-25(2)8-12)16(22(32)33-3)11-34-23(14)36-24-20(29)19(28)18(27)17(10-26)35-24/h4-8,11,14-15,17-20,23-24,26-29H,1,9-10H2,2-3H3,(H,30,31). The average molecular weight is 510 g/mol. The van der Waals surface area contributed by atoms with E-state index in [1.54, 1.807) is 25.4 Å². The predicted octanol–water partition coefficient (Wildman–Crippen LogP) is -3.72. The fourth-order valence-corrected chi connectivity index (χ4v) is 4.28. The molecule has 9 unspecified atom stereocenters. The molecule has 3 heterocycles. The lowest BCUT2D eigenvalue weighted by Gasteiger charge is -2.42. The summed E-state index contributed by atoms with van der Waals surface area (Å²) in [5.41, 5.74) is 0.825. The molecule has 0 bridgehead atoms. The Hall–Kier alpha value is -2.84. The van der Waals surface area contributed by atoms with Gasteiger partial charge < -0.3 is 54.2 Å². The molecule has 36 heavy (non-hydrogen) atoms. The largest absolute Gasteiger partial charge is 0.545 e. The Morgan fingerprint density at radius 1 is 1.25 bits per heavy atom. The van der Waals surface area contributed by atoms with Gasteiger partial charge >= 0.3 is 5.97 Å². The highest BCUT2D eigenvalue weighted by Gasteiger charge is 2.47. The molecule has 0 aromatic carbocycles. The van der Waals surface area contributed by atoms with E-state index in [4.69, 9.17) is 18.9 Å². The third kappa shape index (κ3) is 5.93. The minimum atomic E-state index is -1.66. The molecule has 3 aliphatic heterocycles. The van der Waals surface area contributed by atoms with Crippen molar-refractivity contribution < 1.29 is 59.0 Å². The van der Waals surface area contributed by atoms with Gasteiger partial charge in [0.15, 0.2) is 6.29 Å². The number of nitrogens with one attached hydrogen (secondary N) is 1. The number of carboxylic acids is 1. The number of carbonyl (C=O) groups excluding carboxylic acids is 2. The lowest BCUT2D eigenvalue weighted by molar-refractivity contribution is -0.820. The highest BCUT2D eigenvalue weighted by Crippen LogP contribution is 2.36. The molecular weight excluding hydrogens is 478 g/mol. The Morgan fingerprint density at radius 2 is 1.97 bits per heavy atom. The molecule has 12 heteroatoms. The number of quaternary nitrogens is 1. The van der Waals surface area contributed by atoms with Gasteiger partial charge in [0.05, 0.1) is 44.5 Å². The maximum atomic E-state index is 12.4. The number of carbonyl (C=O) groups is 2. The van der Waals surface area contributed by atoms with Crippen LogP contribution in [0.5, 0.6) is 0 Å². The van der Waals surface area contributed by atoms with Crippen LogP contribution in [0.25, 0.3) is 0 Å². The lowest BCUT2D eigenvalue weighted by Crippen LogP contribution is -3.05. The summed E-state index contributed by atoms with van der Waals surface area (Å²) in [4.78, 5) is 24.6. The van der Waals surface area contributed by atoms with Gasteiger partial charge in [-0.2, -0.15) is 0 Å². The number of likely N-dealkylation sites (N-methyl/N-ethyl adjacent to an activating group) is 1. The molecule has 0 amide bonds. The fourth-order valence-electron chi connectivity index (χ4n) is 4.28. The number of aliphatic hydroxyl groups excluding tert-OH is 4. The van der Waals surface area contributed by atoms with E-state index in [0.717, 1.165) is 11.2 Å². The molecule has 9 atom stereocenters. The van der Waals surface area contributed by atoms with E-state index in [1.807, 2.05) is 0 Å². The van der Waals surface area contributed by atoms with Crippen molar-refractivity contribution >= 4 is 11.9 Å². The number of aliphatic carboxylic acids is 1.